The Labute approximate surface area is 230 Å². The molecular formula is C30H28N2O6S. The van der Waals surface area contributed by atoms with Crippen LogP contribution >= 0.6 is 11.3 Å². The van der Waals surface area contributed by atoms with Crippen molar-refractivity contribution < 1.29 is 28.9 Å². The van der Waals surface area contributed by atoms with Crippen molar-refractivity contribution in [2.75, 3.05) is 25.2 Å². The summed E-state index contributed by atoms with van der Waals surface area (Å²) in [5.74, 6) is -0.364. The molecule has 9 heteroatoms. The Morgan fingerprint density at radius 2 is 1.79 bits per heavy atom. The highest BCUT2D eigenvalue weighted by atomic mass is 32.1. The van der Waals surface area contributed by atoms with E-state index in [1.807, 2.05) is 39.0 Å². The molecular weight excluding hydrogens is 516 g/mol. The Hall–Kier alpha value is -4.37. The lowest BCUT2D eigenvalue weighted by Crippen LogP contribution is -2.29. The normalized spacial score (nSPS) is 16.6. The number of benzene rings is 3. The van der Waals surface area contributed by atoms with Crippen LogP contribution in [0.5, 0.6) is 17.2 Å². The molecule has 8 nitrogen and oxygen atoms in total. The van der Waals surface area contributed by atoms with E-state index in [2.05, 4.69) is 4.98 Å². The molecule has 0 aliphatic carbocycles. The van der Waals surface area contributed by atoms with Crippen molar-refractivity contribution in [3.63, 3.8) is 0 Å². The van der Waals surface area contributed by atoms with Crippen LogP contribution in [-0.4, -0.2) is 42.1 Å². The number of carbonyl (C=O) groups is 2. The van der Waals surface area contributed by atoms with Crippen LogP contribution in [0.1, 0.15) is 36.6 Å². The minimum Gasteiger partial charge on any atom is -0.507 e. The van der Waals surface area contributed by atoms with Crippen molar-refractivity contribution in [1.29, 1.82) is 0 Å². The molecule has 1 atom stereocenters. The molecule has 5 rings (SSSR count). The third-order valence-corrected chi connectivity index (χ3v) is 7.42. The first-order valence-corrected chi connectivity index (χ1v) is 13.4. The van der Waals surface area contributed by atoms with E-state index < -0.39 is 17.7 Å². The monoisotopic (exact) mass is 544 g/mol. The second-order valence-corrected chi connectivity index (χ2v) is 9.95. The molecule has 2 heterocycles. The predicted molar refractivity (Wildman–Crippen MR) is 151 cm³/mol. The van der Waals surface area contributed by atoms with Gasteiger partial charge in [0.05, 0.1) is 42.2 Å². The number of nitrogens with zero attached hydrogens (tertiary/aromatic N) is 2. The predicted octanol–water partition coefficient (Wildman–Crippen LogP) is 6.04. The number of hydrogen-bond donors (Lipinski definition) is 1. The number of aryl methyl sites for hydroxylation is 1. The second-order valence-electron chi connectivity index (χ2n) is 8.94. The fraction of sp³-hybridized carbons (Fsp3) is 0.233. The van der Waals surface area contributed by atoms with Crippen LogP contribution < -0.4 is 19.1 Å². The summed E-state index contributed by atoms with van der Waals surface area (Å²) in [6.45, 7) is 6.59. The van der Waals surface area contributed by atoms with Gasteiger partial charge in [0, 0.05) is 5.56 Å². The average Bonchev–Trinajstić information content (AvgIpc) is 3.46. The number of methoxy groups -OCH3 is 1. The maximum absolute atomic E-state index is 13.6. The van der Waals surface area contributed by atoms with Crippen LogP contribution in [0.4, 0.5) is 5.13 Å². The third kappa shape index (κ3) is 4.81. The number of aliphatic hydroxyl groups excluding tert-OH is 1. The molecule has 0 spiro atoms. The Kier molecular flexibility index (Phi) is 7.26. The maximum atomic E-state index is 13.6. The number of hydrogen-bond acceptors (Lipinski definition) is 8. The van der Waals surface area contributed by atoms with E-state index in [0.29, 0.717) is 46.7 Å². The summed E-state index contributed by atoms with van der Waals surface area (Å²) < 4.78 is 17.7. The summed E-state index contributed by atoms with van der Waals surface area (Å²) in [5.41, 5.74) is 2.65. The standard InChI is InChI=1S/C30H28N2O6S/c1-5-37-20-9-7-8-19(15-20)27(33)25-26(18-11-13-22(38-6-2)23(16-18)36-4)32(29(35)28(25)34)30-31-21-12-10-17(3)14-24(21)39-30/h7-16,26,33H,5-6H2,1-4H3. The number of ketones is 1. The number of carbonyl (C=O) groups excluding carboxylic acids is 2. The van der Waals surface area contributed by atoms with E-state index in [1.165, 1.54) is 23.3 Å². The van der Waals surface area contributed by atoms with E-state index in [9.17, 15) is 14.7 Å². The van der Waals surface area contributed by atoms with Gasteiger partial charge in [-0.05, 0) is 68.3 Å². The summed E-state index contributed by atoms with van der Waals surface area (Å²) >= 11 is 1.31. The Balaban J connectivity index is 1.72. The number of aromatic nitrogens is 1. The van der Waals surface area contributed by atoms with Crippen molar-refractivity contribution in [1.82, 2.24) is 4.98 Å². The fourth-order valence-corrected chi connectivity index (χ4v) is 5.74. The van der Waals surface area contributed by atoms with Gasteiger partial charge < -0.3 is 19.3 Å². The molecule has 1 N–H and O–H groups in total. The smallest absolute Gasteiger partial charge is 0.301 e. The SMILES string of the molecule is CCOc1cccc(C(O)=C2C(=O)C(=O)N(c3nc4ccc(C)cc4s3)C2c2ccc(OCC)c(OC)c2)c1. The van der Waals surface area contributed by atoms with Gasteiger partial charge in [0.25, 0.3) is 5.78 Å². The maximum Gasteiger partial charge on any atom is 0.301 e. The number of thiazole rings is 1. The molecule has 1 fully saturated rings. The molecule has 1 unspecified atom stereocenters. The molecule has 0 radical (unpaired) electrons. The fourth-order valence-electron chi connectivity index (χ4n) is 4.65. The van der Waals surface area contributed by atoms with Crippen LogP contribution in [0, 0.1) is 6.92 Å². The van der Waals surface area contributed by atoms with E-state index in [0.717, 1.165) is 15.8 Å². The van der Waals surface area contributed by atoms with Crippen molar-refractivity contribution in [3.05, 3.63) is 82.9 Å². The lowest BCUT2D eigenvalue weighted by atomic mass is 9.95. The first-order chi connectivity index (χ1) is 18.9. The highest BCUT2D eigenvalue weighted by Crippen LogP contribution is 2.46. The number of anilines is 1. The van der Waals surface area contributed by atoms with Crippen LogP contribution in [0.2, 0.25) is 0 Å². The van der Waals surface area contributed by atoms with E-state index in [4.69, 9.17) is 14.2 Å². The molecule has 1 aromatic heterocycles. The number of ether oxygens (including phenoxy) is 3. The molecule has 1 aliphatic rings. The lowest BCUT2D eigenvalue weighted by molar-refractivity contribution is -0.132. The van der Waals surface area contributed by atoms with E-state index >= 15 is 0 Å². The van der Waals surface area contributed by atoms with Gasteiger partial charge in [-0.15, -0.1) is 0 Å². The van der Waals surface area contributed by atoms with Gasteiger partial charge in [-0.2, -0.15) is 0 Å². The number of aliphatic hydroxyl groups is 1. The molecule has 1 saturated heterocycles. The molecule has 4 aromatic rings. The van der Waals surface area contributed by atoms with Gasteiger partial charge in [0.1, 0.15) is 11.5 Å². The minimum absolute atomic E-state index is 0.0460. The van der Waals surface area contributed by atoms with E-state index in [1.54, 1.807) is 42.5 Å². The number of fused-ring (bicyclic) bond motifs is 1. The number of rotatable bonds is 8. The lowest BCUT2D eigenvalue weighted by Gasteiger charge is -2.24. The van der Waals surface area contributed by atoms with Gasteiger partial charge in [-0.25, -0.2) is 4.98 Å². The first-order valence-electron chi connectivity index (χ1n) is 12.6. The molecule has 1 amide bonds. The number of amides is 1. The largest absolute Gasteiger partial charge is 0.507 e. The van der Waals surface area contributed by atoms with Crippen LogP contribution in [0.3, 0.4) is 0 Å². The molecule has 1 aliphatic heterocycles. The molecule has 0 bridgehead atoms. The minimum atomic E-state index is -0.952. The van der Waals surface area contributed by atoms with Crippen LogP contribution in [-0.2, 0) is 9.59 Å². The van der Waals surface area contributed by atoms with Gasteiger partial charge in [-0.3, -0.25) is 14.5 Å². The topological polar surface area (TPSA) is 98.2 Å². The van der Waals surface area contributed by atoms with Crippen molar-refractivity contribution in [3.8, 4) is 17.2 Å². The summed E-state index contributed by atoms with van der Waals surface area (Å²) in [6.07, 6.45) is 0. The van der Waals surface area contributed by atoms with Crippen LogP contribution in [0.25, 0.3) is 16.0 Å². The molecule has 39 heavy (non-hydrogen) atoms. The van der Waals surface area contributed by atoms with Crippen LogP contribution in [0.15, 0.2) is 66.2 Å². The summed E-state index contributed by atoms with van der Waals surface area (Å²) in [5, 5.41) is 11.8. The zero-order valence-corrected chi connectivity index (χ0v) is 22.9. The molecule has 200 valence electrons. The Morgan fingerprint density at radius 3 is 2.54 bits per heavy atom. The summed E-state index contributed by atoms with van der Waals surface area (Å²) in [6, 6.07) is 16.9. The molecule has 0 saturated carbocycles. The van der Waals surface area contributed by atoms with Gasteiger partial charge in [-0.1, -0.05) is 35.6 Å². The quantitative estimate of drug-likeness (QED) is 0.164. The molecule has 3 aromatic carbocycles. The third-order valence-electron chi connectivity index (χ3n) is 6.40. The average molecular weight is 545 g/mol. The second kappa shape index (κ2) is 10.8. The van der Waals surface area contributed by atoms with Crippen molar-refractivity contribution >= 4 is 44.1 Å². The highest BCUT2D eigenvalue weighted by Gasteiger charge is 2.48. The Bertz CT molecular complexity index is 1610. The zero-order chi connectivity index (χ0) is 27.7. The van der Waals surface area contributed by atoms with E-state index in [-0.39, 0.29) is 11.3 Å². The van der Waals surface area contributed by atoms with Gasteiger partial charge in [0.15, 0.2) is 16.6 Å². The van der Waals surface area contributed by atoms with Gasteiger partial charge >= 0.3 is 5.91 Å². The summed E-state index contributed by atoms with van der Waals surface area (Å²) in [7, 11) is 1.52. The highest BCUT2D eigenvalue weighted by molar-refractivity contribution is 7.22. The van der Waals surface area contributed by atoms with Crippen molar-refractivity contribution in [2.45, 2.75) is 26.8 Å². The summed E-state index contributed by atoms with van der Waals surface area (Å²) in [4.78, 5) is 33.2. The first kappa shape index (κ1) is 26.2. The van der Waals surface area contributed by atoms with Crippen molar-refractivity contribution in [2.24, 2.45) is 0 Å². The van der Waals surface area contributed by atoms with Gasteiger partial charge in [0.2, 0.25) is 0 Å². The Morgan fingerprint density at radius 1 is 1.00 bits per heavy atom. The number of Topliss-reactive ketones (excluding diaryl/α,β-unsaturated/α-hetero) is 1. The zero-order valence-electron chi connectivity index (χ0n) is 22.1.